The molecular formula is C21H14FN3O3. The third-order valence-corrected chi connectivity index (χ3v) is 4.24. The first-order valence-corrected chi connectivity index (χ1v) is 8.39. The normalized spacial score (nSPS) is 10.8. The van der Waals surface area contributed by atoms with Crippen molar-refractivity contribution >= 4 is 22.6 Å². The Labute approximate surface area is 158 Å². The number of rotatable bonds is 3. The van der Waals surface area contributed by atoms with Gasteiger partial charge in [-0.2, -0.15) is 0 Å². The number of hydrogen-bond donors (Lipinski definition) is 2. The molecule has 28 heavy (non-hydrogen) atoms. The van der Waals surface area contributed by atoms with Crippen LogP contribution in [0.1, 0.15) is 10.4 Å². The average molecular weight is 375 g/mol. The molecule has 2 heterocycles. The minimum absolute atomic E-state index is 0.0634. The molecule has 0 saturated carbocycles. The van der Waals surface area contributed by atoms with E-state index in [1.807, 2.05) is 0 Å². The second-order valence-electron chi connectivity index (χ2n) is 6.09. The number of nitrogens with one attached hydrogen (secondary N) is 1. The number of hydrogen-bond acceptors (Lipinski definition) is 4. The molecule has 2 aromatic carbocycles. The summed E-state index contributed by atoms with van der Waals surface area (Å²) >= 11 is 0. The third kappa shape index (κ3) is 3.21. The minimum atomic E-state index is -0.600. The predicted molar refractivity (Wildman–Crippen MR) is 103 cm³/mol. The minimum Gasteiger partial charge on any atom is -0.508 e. The summed E-state index contributed by atoms with van der Waals surface area (Å²) in [4.78, 5) is 29.8. The van der Waals surface area contributed by atoms with E-state index in [0.717, 1.165) is 0 Å². The van der Waals surface area contributed by atoms with E-state index in [4.69, 9.17) is 0 Å². The molecule has 0 bridgehead atoms. The molecule has 0 atom stereocenters. The van der Waals surface area contributed by atoms with Crippen LogP contribution >= 0.6 is 0 Å². The quantitative estimate of drug-likeness (QED) is 0.537. The number of benzene rings is 2. The van der Waals surface area contributed by atoms with Gasteiger partial charge in [0.05, 0.1) is 5.39 Å². The molecule has 7 heteroatoms. The molecule has 6 nitrogen and oxygen atoms in total. The van der Waals surface area contributed by atoms with Gasteiger partial charge in [0.2, 0.25) is 5.43 Å². The highest BCUT2D eigenvalue weighted by Crippen LogP contribution is 2.18. The molecule has 4 aromatic rings. The fraction of sp³-hybridized carbons (Fsp3) is 0. The fourth-order valence-electron chi connectivity index (χ4n) is 2.86. The van der Waals surface area contributed by atoms with Crippen LogP contribution in [-0.2, 0) is 0 Å². The first-order chi connectivity index (χ1) is 13.5. The molecule has 2 N–H and O–H groups in total. The van der Waals surface area contributed by atoms with Crippen LogP contribution in [0.3, 0.4) is 0 Å². The van der Waals surface area contributed by atoms with Crippen LogP contribution in [0.2, 0.25) is 0 Å². The molecule has 0 radical (unpaired) electrons. The number of aromatic nitrogens is 2. The van der Waals surface area contributed by atoms with Gasteiger partial charge in [0.25, 0.3) is 5.91 Å². The maximum absolute atomic E-state index is 13.3. The number of carbonyl (C=O) groups is 1. The summed E-state index contributed by atoms with van der Waals surface area (Å²) < 4.78 is 14.9. The SMILES string of the molecule is O=C(Nc1ccc(O)cc1)c1cn(-c2ccc(F)cc2)c2ncccc2c1=O. The number of halogens is 1. The van der Waals surface area contributed by atoms with Gasteiger partial charge < -0.3 is 15.0 Å². The number of phenolic OH excluding ortho intramolecular Hbond substituents is 1. The highest BCUT2D eigenvalue weighted by molar-refractivity contribution is 6.05. The van der Waals surface area contributed by atoms with E-state index in [0.29, 0.717) is 17.0 Å². The van der Waals surface area contributed by atoms with Gasteiger partial charge in [-0.15, -0.1) is 0 Å². The van der Waals surface area contributed by atoms with Gasteiger partial charge in [-0.05, 0) is 60.7 Å². The molecule has 0 aliphatic heterocycles. The lowest BCUT2D eigenvalue weighted by molar-refractivity contribution is 0.102. The van der Waals surface area contributed by atoms with E-state index in [9.17, 15) is 19.1 Å². The van der Waals surface area contributed by atoms with Gasteiger partial charge in [0, 0.05) is 23.8 Å². The number of nitrogens with zero attached hydrogens (tertiary/aromatic N) is 2. The Balaban J connectivity index is 1.85. The number of anilines is 1. The maximum Gasteiger partial charge on any atom is 0.261 e. The lowest BCUT2D eigenvalue weighted by Gasteiger charge is -2.13. The Morgan fingerprint density at radius 3 is 2.46 bits per heavy atom. The summed E-state index contributed by atoms with van der Waals surface area (Å²) in [5.41, 5.74) is 0.807. The van der Waals surface area contributed by atoms with Crippen LogP contribution < -0.4 is 10.7 Å². The second kappa shape index (κ2) is 6.96. The fourth-order valence-corrected chi connectivity index (χ4v) is 2.86. The number of phenols is 1. The molecule has 4 rings (SSSR count). The van der Waals surface area contributed by atoms with Crippen molar-refractivity contribution in [2.75, 3.05) is 5.32 Å². The first-order valence-electron chi connectivity index (χ1n) is 8.39. The predicted octanol–water partition coefficient (Wildman–Crippen LogP) is 3.48. The molecule has 2 aromatic heterocycles. The topological polar surface area (TPSA) is 84.2 Å². The molecular weight excluding hydrogens is 361 g/mol. The average Bonchev–Trinajstić information content (AvgIpc) is 2.71. The van der Waals surface area contributed by atoms with Crippen molar-refractivity contribution in [1.29, 1.82) is 0 Å². The van der Waals surface area contributed by atoms with Gasteiger partial charge in [-0.25, -0.2) is 9.37 Å². The Bertz CT molecular complexity index is 1230. The van der Waals surface area contributed by atoms with Gasteiger partial charge >= 0.3 is 0 Å². The van der Waals surface area contributed by atoms with Crippen LogP contribution in [-0.4, -0.2) is 20.6 Å². The monoisotopic (exact) mass is 375 g/mol. The Hall–Kier alpha value is -4.00. The van der Waals surface area contributed by atoms with E-state index < -0.39 is 17.2 Å². The van der Waals surface area contributed by atoms with Crippen molar-refractivity contribution in [3.63, 3.8) is 0 Å². The van der Waals surface area contributed by atoms with Crippen LogP contribution in [0.5, 0.6) is 5.75 Å². The highest BCUT2D eigenvalue weighted by Gasteiger charge is 2.17. The number of pyridine rings is 2. The molecule has 0 aliphatic rings. The Morgan fingerprint density at radius 2 is 1.75 bits per heavy atom. The highest BCUT2D eigenvalue weighted by atomic mass is 19.1. The van der Waals surface area contributed by atoms with E-state index in [2.05, 4.69) is 10.3 Å². The molecule has 0 spiro atoms. The maximum atomic E-state index is 13.3. The summed E-state index contributed by atoms with van der Waals surface area (Å²) in [6, 6.07) is 14.8. The standard InChI is InChI=1S/C21H14FN3O3/c22-13-3-7-15(8-4-13)25-12-18(19(27)17-2-1-11-23-20(17)25)21(28)24-14-5-9-16(26)10-6-14/h1-12,26H,(H,24,28). The number of fused-ring (bicyclic) bond motifs is 1. The molecule has 0 fully saturated rings. The van der Waals surface area contributed by atoms with Crippen molar-refractivity contribution in [1.82, 2.24) is 9.55 Å². The second-order valence-corrected chi connectivity index (χ2v) is 6.09. The molecule has 0 saturated heterocycles. The lowest BCUT2D eigenvalue weighted by Crippen LogP contribution is -2.24. The summed E-state index contributed by atoms with van der Waals surface area (Å²) in [6.07, 6.45) is 2.93. The van der Waals surface area contributed by atoms with E-state index in [-0.39, 0.29) is 16.7 Å². The van der Waals surface area contributed by atoms with Gasteiger partial charge in [-0.1, -0.05) is 0 Å². The van der Waals surface area contributed by atoms with Crippen LogP contribution in [0.15, 0.2) is 77.9 Å². The smallest absolute Gasteiger partial charge is 0.261 e. The first kappa shape index (κ1) is 17.4. The van der Waals surface area contributed by atoms with Crippen LogP contribution in [0.4, 0.5) is 10.1 Å². The number of aromatic hydroxyl groups is 1. The molecule has 1 amide bonds. The summed E-state index contributed by atoms with van der Waals surface area (Å²) in [6.45, 7) is 0. The van der Waals surface area contributed by atoms with E-state index in [1.165, 1.54) is 60.9 Å². The van der Waals surface area contributed by atoms with Crippen molar-refractivity contribution in [3.05, 3.63) is 94.7 Å². The van der Waals surface area contributed by atoms with Crippen molar-refractivity contribution < 1.29 is 14.3 Å². The van der Waals surface area contributed by atoms with Gasteiger partial charge in [0.1, 0.15) is 22.8 Å². The Kier molecular flexibility index (Phi) is 4.33. The van der Waals surface area contributed by atoms with Gasteiger partial charge in [-0.3, -0.25) is 9.59 Å². The molecule has 0 unspecified atom stereocenters. The number of amides is 1. The summed E-state index contributed by atoms with van der Waals surface area (Å²) in [5.74, 6) is -0.932. The van der Waals surface area contributed by atoms with Crippen molar-refractivity contribution in [2.45, 2.75) is 0 Å². The largest absolute Gasteiger partial charge is 0.508 e. The zero-order valence-corrected chi connectivity index (χ0v) is 14.5. The van der Waals surface area contributed by atoms with Crippen molar-refractivity contribution in [2.24, 2.45) is 0 Å². The van der Waals surface area contributed by atoms with Gasteiger partial charge in [0.15, 0.2) is 0 Å². The Morgan fingerprint density at radius 1 is 1.04 bits per heavy atom. The third-order valence-electron chi connectivity index (χ3n) is 4.24. The van der Waals surface area contributed by atoms with Crippen molar-refractivity contribution in [3.8, 4) is 11.4 Å². The lowest BCUT2D eigenvalue weighted by atomic mass is 10.1. The molecule has 138 valence electrons. The molecule has 0 aliphatic carbocycles. The number of carbonyl (C=O) groups excluding carboxylic acids is 1. The van der Waals surface area contributed by atoms with E-state index in [1.54, 1.807) is 16.7 Å². The zero-order chi connectivity index (χ0) is 19.7. The summed E-state index contributed by atoms with van der Waals surface area (Å²) in [7, 11) is 0. The van der Waals surface area contributed by atoms with Crippen LogP contribution in [0, 0.1) is 5.82 Å². The zero-order valence-electron chi connectivity index (χ0n) is 14.5. The summed E-state index contributed by atoms with van der Waals surface area (Å²) in [5, 5.41) is 12.3. The van der Waals surface area contributed by atoms with E-state index >= 15 is 0 Å². The van der Waals surface area contributed by atoms with Crippen LogP contribution in [0.25, 0.3) is 16.7 Å².